The van der Waals surface area contributed by atoms with Gasteiger partial charge in [-0.25, -0.2) is 13.2 Å². The molecular formula is C30H30F3N3O5. The molecule has 0 saturated heterocycles. The van der Waals surface area contributed by atoms with Gasteiger partial charge in [-0.2, -0.15) is 0 Å². The van der Waals surface area contributed by atoms with E-state index in [1.165, 1.54) is 12.2 Å². The molecule has 1 unspecified atom stereocenters. The molecular weight excluding hydrogens is 539 g/mol. The number of aliphatic hydroxyl groups excluding tert-OH is 1. The maximum absolute atomic E-state index is 14.1. The second-order valence-electron chi connectivity index (χ2n) is 9.18. The van der Waals surface area contributed by atoms with Crippen LogP contribution < -0.4 is 20.9 Å². The number of Topliss-reactive ketones (excluding diaryl/α,β-unsaturated/α-hetero) is 1. The van der Waals surface area contributed by atoms with Crippen molar-refractivity contribution in [3.8, 4) is 5.75 Å². The highest BCUT2D eigenvalue weighted by molar-refractivity contribution is 6.00. The third-order valence-electron chi connectivity index (χ3n) is 6.14. The molecule has 3 rings (SSSR count). The SMILES string of the molecule is C=CC(C)Nn1cc(C(=O)NCc2c(F)cc(F)cc2F)c(=O)c(OCc2ccccc2)c1C(=O)C[C@H](C=C)CO. The Labute approximate surface area is 234 Å². The number of nitrogens with zero attached hydrogens (tertiary/aromatic N) is 1. The van der Waals surface area contributed by atoms with Crippen LogP contribution in [0.15, 0.2) is 78.8 Å². The number of amides is 1. The minimum atomic E-state index is -1.21. The molecule has 0 aliphatic rings. The predicted octanol–water partition coefficient (Wildman–Crippen LogP) is 4.26. The van der Waals surface area contributed by atoms with Gasteiger partial charge in [0.25, 0.3) is 5.91 Å². The van der Waals surface area contributed by atoms with E-state index in [-0.39, 0.29) is 25.3 Å². The number of carbonyl (C=O) groups excluding carboxylic acids is 2. The largest absolute Gasteiger partial charge is 0.483 e. The molecule has 41 heavy (non-hydrogen) atoms. The van der Waals surface area contributed by atoms with E-state index in [2.05, 4.69) is 23.9 Å². The lowest BCUT2D eigenvalue weighted by molar-refractivity contribution is 0.0926. The van der Waals surface area contributed by atoms with Gasteiger partial charge >= 0.3 is 0 Å². The fraction of sp³-hybridized carbons (Fsp3) is 0.233. The Balaban J connectivity index is 2.10. The number of ether oxygens (including phenoxy) is 1. The quantitative estimate of drug-likeness (QED) is 0.198. The fourth-order valence-electron chi connectivity index (χ4n) is 3.81. The lowest BCUT2D eigenvalue weighted by atomic mass is 10.0. The van der Waals surface area contributed by atoms with Gasteiger partial charge in [0, 0.05) is 49.4 Å². The number of aromatic nitrogens is 1. The summed E-state index contributed by atoms with van der Waals surface area (Å²) in [7, 11) is 0. The van der Waals surface area contributed by atoms with Crippen LogP contribution >= 0.6 is 0 Å². The molecule has 3 aromatic rings. The van der Waals surface area contributed by atoms with Gasteiger partial charge in [-0.05, 0) is 12.5 Å². The number of benzene rings is 2. The molecule has 0 radical (unpaired) electrons. The van der Waals surface area contributed by atoms with Crippen molar-refractivity contribution in [2.24, 2.45) is 5.92 Å². The molecule has 8 nitrogen and oxygen atoms in total. The van der Waals surface area contributed by atoms with Crippen LogP contribution in [0.1, 0.15) is 45.3 Å². The van der Waals surface area contributed by atoms with Crippen LogP contribution in [0.2, 0.25) is 0 Å². The molecule has 0 spiro atoms. The summed E-state index contributed by atoms with van der Waals surface area (Å²) in [5, 5.41) is 11.9. The van der Waals surface area contributed by atoms with Crippen LogP contribution in [0.5, 0.6) is 5.75 Å². The van der Waals surface area contributed by atoms with Crippen LogP contribution in [-0.2, 0) is 13.2 Å². The van der Waals surface area contributed by atoms with E-state index in [9.17, 15) is 32.7 Å². The van der Waals surface area contributed by atoms with Gasteiger partial charge in [-0.3, -0.25) is 19.1 Å². The van der Waals surface area contributed by atoms with Crippen LogP contribution in [0.25, 0.3) is 0 Å². The Kier molecular flexibility index (Phi) is 10.6. The number of hydrogen-bond donors (Lipinski definition) is 3. The van der Waals surface area contributed by atoms with Crippen molar-refractivity contribution in [3.63, 3.8) is 0 Å². The standard InChI is InChI=1S/C30H30F3N3O5/c1-4-18(3)35-36-15-23(30(40)34-14-22-24(32)12-21(31)13-25(22)33)28(39)29(41-17-20-9-7-6-8-10-20)27(36)26(38)11-19(5-2)16-37/h4-10,12-13,15,18-19,35,37H,1-2,11,14,16-17H2,3H3,(H,34,40)/t18?,19-/m0/s1. The van der Waals surface area contributed by atoms with Gasteiger partial charge in [-0.15, -0.1) is 13.2 Å². The highest BCUT2D eigenvalue weighted by atomic mass is 19.1. The minimum absolute atomic E-state index is 0.130. The third kappa shape index (κ3) is 7.73. The Morgan fingerprint density at radius 1 is 1.10 bits per heavy atom. The Morgan fingerprint density at radius 3 is 2.34 bits per heavy atom. The second-order valence-corrected chi connectivity index (χ2v) is 9.18. The summed E-state index contributed by atoms with van der Waals surface area (Å²) < 4.78 is 48.5. The van der Waals surface area contributed by atoms with Crippen molar-refractivity contribution < 1.29 is 32.6 Å². The molecule has 1 aromatic heterocycles. The van der Waals surface area contributed by atoms with Crippen molar-refractivity contribution in [1.29, 1.82) is 0 Å². The van der Waals surface area contributed by atoms with Gasteiger partial charge < -0.3 is 20.6 Å². The first-order valence-corrected chi connectivity index (χ1v) is 12.6. The smallest absolute Gasteiger partial charge is 0.257 e. The Hall–Kier alpha value is -4.64. The third-order valence-corrected chi connectivity index (χ3v) is 6.14. The topological polar surface area (TPSA) is 110 Å². The molecule has 0 bridgehead atoms. The average molecular weight is 570 g/mol. The number of halogens is 3. The summed E-state index contributed by atoms with van der Waals surface area (Å²) in [6, 6.07) is 9.24. The van der Waals surface area contributed by atoms with E-state index in [0.29, 0.717) is 17.7 Å². The van der Waals surface area contributed by atoms with Gasteiger partial charge in [0.1, 0.15) is 29.6 Å². The Morgan fingerprint density at radius 2 is 1.76 bits per heavy atom. The number of hydrogen-bond acceptors (Lipinski definition) is 6. The molecule has 3 N–H and O–H groups in total. The highest BCUT2D eigenvalue weighted by Crippen LogP contribution is 2.22. The van der Waals surface area contributed by atoms with Crippen molar-refractivity contribution >= 4 is 11.7 Å². The number of rotatable bonds is 14. The Bertz CT molecular complexity index is 1470. The van der Waals surface area contributed by atoms with E-state index in [4.69, 9.17) is 4.74 Å². The summed E-state index contributed by atoms with van der Waals surface area (Å²) in [5.41, 5.74) is 1.33. The number of nitrogens with one attached hydrogen (secondary N) is 2. The number of aliphatic hydroxyl groups is 1. The van der Waals surface area contributed by atoms with E-state index in [1.807, 2.05) is 0 Å². The molecule has 216 valence electrons. The maximum Gasteiger partial charge on any atom is 0.257 e. The highest BCUT2D eigenvalue weighted by Gasteiger charge is 2.28. The lowest BCUT2D eigenvalue weighted by Gasteiger charge is -2.22. The summed E-state index contributed by atoms with van der Waals surface area (Å²) in [6.07, 6.45) is 3.76. The molecule has 0 aliphatic heterocycles. The van der Waals surface area contributed by atoms with Gasteiger partial charge in [0.05, 0.1) is 6.04 Å². The second kappa shape index (κ2) is 14.1. The zero-order chi connectivity index (χ0) is 30.1. The van der Waals surface area contributed by atoms with E-state index < -0.39 is 70.0 Å². The van der Waals surface area contributed by atoms with Crippen LogP contribution in [0.3, 0.4) is 0 Å². The molecule has 0 fully saturated rings. The molecule has 0 aliphatic carbocycles. The summed E-state index contributed by atoms with van der Waals surface area (Å²) in [6.45, 7) is 7.81. The van der Waals surface area contributed by atoms with Crippen molar-refractivity contribution in [2.75, 3.05) is 12.0 Å². The zero-order valence-electron chi connectivity index (χ0n) is 22.3. The molecule has 0 saturated carbocycles. The first-order valence-electron chi connectivity index (χ1n) is 12.6. The summed E-state index contributed by atoms with van der Waals surface area (Å²) in [4.78, 5) is 40.2. The minimum Gasteiger partial charge on any atom is -0.483 e. The summed E-state index contributed by atoms with van der Waals surface area (Å²) in [5.74, 6) is -6.23. The van der Waals surface area contributed by atoms with Crippen LogP contribution in [0.4, 0.5) is 13.2 Å². The molecule has 1 heterocycles. The molecule has 2 aromatic carbocycles. The zero-order valence-corrected chi connectivity index (χ0v) is 22.3. The first-order chi connectivity index (χ1) is 19.6. The number of pyridine rings is 1. The molecule has 11 heteroatoms. The van der Waals surface area contributed by atoms with E-state index in [0.717, 1.165) is 10.9 Å². The van der Waals surface area contributed by atoms with Crippen molar-refractivity contribution in [3.05, 3.63) is 124 Å². The van der Waals surface area contributed by atoms with Crippen LogP contribution in [-0.4, -0.2) is 34.1 Å². The van der Waals surface area contributed by atoms with Crippen molar-refractivity contribution in [1.82, 2.24) is 9.99 Å². The number of carbonyl (C=O) groups is 2. The van der Waals surface area contributed by atoms with E-state index >= 15 is 0 Å². The lowest BCUT2D eigenvalue weighted by Crippen LogP contribution is -2.36. The monoisotopic (exact) mass is 569 g/mol. The normalized spacial score (nSPS) is 12.2. The van der Waals surface area contributed by atoms with Gasteiger partial charge in [0.15, 0.2) is 17.2 Å². The van der Waals surface area contributed by atoms with Crippen molar-refractivity contribution in [2.45, 2.75) is 32.5 Å². The van der Waals surface area contributed by atoms with Gasteiger partial charge in [0.2, 0.25) is 5.43 Å². The predicted molar refractivity (Wildman–Crippen MR) is 148 cm³/mol. The summed E-state index contributed by atoms with van der Waals surface area (Å²) >= 11 is 0. The first kappa shape index (κ1) is 30.9. The van der Waals surface area contributed by atoms with Crippen LogP contribution in [0, 0.1) is 23.4 Å². The molecule has 1 amide bonds. The number of ketones is 1. The maximum atomic E-state index is 14.1. The van der Waals surface area contributed by atoms with E-state index in [1.54, 1.807) is 37.3 Å². The average Bonchev–Trinajstić information content (AvgIpc) is 2.95. The molecule has 2 atom stereocenters. The van der Waals surface area contributed by atoms with Gasteiger partial charge in [-0.1, -0.05) is 42.5 Å². The fourth-order valence-corrected chi connectivity index (χ4v) is 3.81.